The Kier molecular flexibility index (Phi) is 5.07. The monoisotopic (exact) mass is 416 g/mol. The zero-order chi connectivity index (χ0) is 19.9. The van der Waals surface area contributed by atoms with E-state index in [1.165, 1.54) is 0 Å². The van der Waals surface area contributed by atoms with Crippen LogP contribution in [0.2, 0.25) is 0 Å². The van der Waals surface area contributed by atoms with Crippen molar-refractivity contribution in [3.8, 4) is 5.75 Å². The van der Waals surface area contributed by atoms with Gasteiger partial charge in [0.2, 0.25) is 0 Å². The molecule has 1 amide bonds. The van der Waals surface area contributed by atoms with Crippen LogP contribution in [0.3, 0.4) is 0 Å². The van der Waals surface area contributed by atoms with Crippen molar-refractivity contribution < 1.29 is 39.7 Å². The van der Waals surface area contributed by atoms with Crippen LogP contribution in [0, 0.1) is 5.82 Å². The SMILES string of the molecule is CC(C)(C)OC(=O)Nc1nc2c(OS(=O)(=O)C(F)(F)F)ccc(F)c2s1. The van der Waals surface area contributed by atoms with Gasteiger partial charge in [-0.3, -0.25) is 5.32 Å². The predicted molar refractivity (Wildman–Crippen MR) is 85.0 cm³/mol. The Balaban J connectivity index is 2.39. The number of halogens is 4. The van der Waals surface area contributed by atoms with Gasteiger partial charge in [-0.15, -0.1) is 0 Å². The first kappa shape index (κ1) is 20.2. The average molecular weight is 416 g/mol. The number of anilines is 1. The van der Waals surface area contributed by atoms with Crippen molar-refractivity contribution in [2.75, 3.05) is 5.32 Å². The van der Waals surface area contributed by atoms with E-state index in [1.807, 2.05) is 0 Å². The molecule has 13 heteroatoms. The predicted octanol–water partition coefficient (Wildman–Crippen LogP) is 4.01. The maximum atomic E-state index is 13.9. The summed E-state index contributed by atoms with van der Waals surface area (Å²) in [5, 5.41) is 1.97. The number of fused-ring (bicyclic) bond motifs is 1. The summed E-state index contributed by atoms with van der Waals surface area (Å²) in [6, 6.07) is 1.41. The molecular weight excluding hydrogens is 404 g/mol. The third-order valence-electron chi connectivity index (χ3n) is 2.55. The molecule has 0 bridgehead atoms. The summed E-state index contributed by atoms with van der Waals surface area (Å²) in [5.41, 5.74) is -6.99. The molecule has 1 N–H and O–H groups in total. The van der Waals surface area contributed by atoms with Gasteiger partial charge in [-0.2, -0.15) is 21.6 Å². The quantitative estimate of drug-likeness (QED) is 0.462. The second-order valence-corrected chi connectivity index (χ2v) is 8.39. The fourth-order valence-corrected chi connectivity index (χ4v) is 2.97. The van der Waals surface area contributed by atoms with E-state index in [0.29, 0.717) is 17.4 Å². The number of ether oxygens (including phenoxy) is 1. The molecule has 0 spiro atoms. The second-order valence-electron chi connectivity index (χ2n) is 5.85. The normalized spacial score (nSPS) is 12.9. The first-order valence-electron chi connectivity index (χ1n) is 6.79. The zero-order valence-electron chi connectivity index (χ0n) is 13.5. The number of amides is 1. The lowest BCUT2D eigenvalue weighted by atomic mass is 10.2. The van der Waals surface area contributed by atoms with Crippen molar-refractivity contribution >= 4 is 42.9 Å². The maximum absolute atomic E-state index is 13.9. The van der Waals surface area contributed by atoms with Crippen molar-refractivity contribution in [1.82, 2.24) is 4.98 Å². The second kappa shape index (κ2) is 6.54. The van der Waals surface area contributed by atoms with Crippen LogP contribution >= 0.6 is 11.3 Å². The topological polar surface area (TPSA) is 94.6 Å². The molecule has 0 saturated heterocycles. The molecule has 0 unspecified atom stereocenters. The molecule has 2 rings (SSSR count). The highest BCUT2D eigenvalue weighted by Gasteiger charge is 2.49. The number of nitrogens with one attached hydrogen (secondary N) is 1. The van der Waals surface area contributed by atoms with E-state index in [4.69, 9.17) is 4.74 Å². The Bertz CT molecular complexity index is 948. The molecule has 1 heterocycles. The summed E-state index contributed by atoms with van der Waals surface area (Å²) in [4.78, 5) is 15.4. The van der Waals surface area contributed by atoms with E-state index in [0.717, 1.165) is 6.07 Å². The summed E-state index contributed by atoms with van der Waals surface area (Å²) < 4.78 is 82.2. The fourth-order valence-electron chi connectivity index (χ4n) is 1.63. The molecule has 7 nitrogen and oxygen atoms in total. The van der Waals surface area contributed by atoms with Gasteiger partial charge in [0.1, 0.15) is 16.9 Å². The van der Waals surface area contributed by atoms with Crippen molar-refractivity contribution in [1.29, 1.82) is 0 Å². The minimum atomic E-state index is -5.96. The van der Waals surface area contributed by atoms with Gasteiger partial charge in [0, 0.05) is 0 Å². The largest absolute Gasteiger partial charge is 0.534 e. The fraction of sp³-hybridized carbons (Fsp3) is 0.385. The van der Waals surface area contributed by atoms with Gasteiger partial charge in [-0.05, 0) is 32.9 Å². The average Bonchev–Trinajstić information content (AvgIpc) is 2.83. The van der Waals surface area contributed by atoms with E-state index in [1.54, 1.807) is 20.8 Å². The van der Waals surface area contributed by atoms with Crippen LogP contribution in [0.5, 0.6) is 5.75 Å². The summed E-state index contributed by atoms with van der Waals surface area (Å²) in [6.45, 7) is 4.79. The lowest BCUT2D eigenvalue weighted by molar-refractivity contribution is -0.0499. The Hall–Kier alpha value is -2.15. The Morgan fingerprint density at radius 1 is 1.23 bits per heavy atom. The van der Waals surface area contributed by atoms with Crippen LogP contribution < -0.4 is 9.50 Å². The van der Waals surface area contributed by atoms with E-state index < -0.39 is 44.4 Å². The van der Waals surface area contributed by atoms with Crippen LogP contribution in [0.15, 0.2) is 12.1 Å². The maximum Gasteiger partial charge on any atom is 0.534 e. The van der Waals surface area contributed by atoms with Crippen LogP contribution in [0.25, 0.3) is 10.2 Å². The van der Waals surface area contributed by atoms with Crippen molar-refractivity contribution in [2.45, 2.75) is 31.9 Å². The highest BCUT2D eigenvalue weighted by molar-refractivity contribution is 7.88. The van der Waals surface area contributed by atoms with Crippen LogP contribution in [0.1, 0.15) is 20.8 Å². The number of hydrogen-bond donors (Lipinski definition) is 1. The molecule has 0 atom stereocenters. The smallest absolute Gasteiger partial charge is 0.444 e. The number of aromatic nitrogens is 1. The minimum Gasteiger partial charge on any atom is -0.444 e. The number of carbonyl (C=O) groups is 1. The minimum absolute atomic E-state index is 0.214. The molecule has 1 aromatic carbocycles. The van der Waals surface area contributed by atoms with Gasteiger partial charge in [0.25, 0.3) is 0 Å². The van der Waals surface area contributed by atoms with Gasteiger partial charge in [-0.25, -0.2) is 14.2 Å². The number of rotatable bonds is 3. The van der Waals surface area contributed by atoms with Crippen LogP contribution in [0.4, 0.5) is 27.5 Å². The molecule has 1 aromatic heterocycles. The van der Waals surface area contributed by atoms with Gasteiger partial charge in [0.15, 0.2) is 10.9 Å². The molecule has 144 valence electrons. The Morgan fingerprint density at radius 2 is 1.85 bits per heavy atom. The zero-order valence-corrected chi connectivity index (χ0v) is 15.1. The van der Waals surface area contributed by atoms with Crippen molar-refractivity contribution in [3.63, 3.8) is 0 Å². The summed E-state index contributed by atoms with van der Waals surface area (Å²) in [5.74, 6) is -1.71. The van der Waals surface area contributed by atoms with E-state index >= 15 is 0 Å². The van der Waals surface area contributed by atoms with Gasteiger partial charge >= 0.3 is 21.7 Å². The van der Waals surface area contributed by atoms with E-state index in [2.05, 4.69) is 14.5 Å². The molecular formula is C13H12F4N2O5S2. The number of thiazole rings is 1. The molecule has 0 saturated carbocycles. The number of nitrogens with zero attached hydrogens (tertiary/aromatic N) is 1. The molecule has 0 aliphatic carbocycles. The van der Waals surface area contributed by atoms with Crippen LogP contribution in [-0.4, -0.2) is 30.6 Å². The molecule has 0 fully saturated rings. The number of benzene rings is 1. The van der Waals surface area contributed by atoms with Gasteiger partial charge in [0.05, 0.1) is 4.70 Å². The highest BCUT2D eigenvalue weighted by Crippen LogP contribution is 2.37. The first-order chi connectivity index (χ1) is 11.7. The summed E-state index contributed by atoms with van der Waals surface area (Å²) in [7, 11) is -5.96. The van der Waals surface area contributed by atoms with Gasteiger partial charge < -0.3 is 8.92 Å². The standard InChI is InChI=1S/C13H12F4N2O5S2/c1-12(2,3)23-11(20)19-10-18-8-7(5-4-6(14)9(8)25-10)24-26(21,22)13(15,16)17/h4-5H,1-3H3,(H,18,19,20). The molecule has 2 aromatic rings. The molecule has 0 aliphatic heterocycles. The molecule has 0 aliphatic rings. The third-order valence-corrected chi connectivity index (χ3v) is 4.49. The molecule has 26 heavy (non-hydrogen) atoms. The van der Waals surface area contributed by atoms with E-state index in [-0.39, 0.29) is 9.83 Å². The first-order valence-corrected chi connectivity index (χ1v) is 9.02. The van der Waals surface area contributed by atoms with Crippen molar-refractivity contribution in [3.05, 3.63) is 17.9 Å². The summed E-state index contributed by atoms with van der Waals surface area (Å²) in [6.07, 6.45) is -0.928. The lowest BCUT2D eigenvalue weighted by Gasteiger charge is -2.18. The highest BCUT2D eigenvalue weighted by atomic mass is 32.2. The number of alkyl halides is 3. The number of carbonyl (C=O) groups excluding carboxylic acids is 1. The van der Waals surface area contributed by atoms with E-state index in [9.17, 15) is 30.8 Å². The van der Waals surface area contributed by atoms with Crippen molar-refractivity contribution in [2.24, 2.45) is 0 Å². The number of hydrogen-bond acceptors (Lipinski definition) is 7. The van der Waals surface area contributed by atoms with Crippen LogP contribution in [-0.2, 0) is 14.9 Å². The third kappa shape index (κ3) is 4.52. The Labute approximate surface area is 149 Å². The lowest BCUT2D eigenvalue weighted by Crippen LogP contribution is -2.28. The van der Waals surface area contributed by atoms with Gasteiger partial charge in [-0.1, -0.05) is 11.3 Å². The molecule has 0 radical (unpaired) electrons. The summed E-state index contributed by atoms with van der Waals surface area (Å²) >= 11 is 0.572. The Morgan fingerprint density at radius 3 is 2.38 bits per heavy atom.